The molecule has 4 nitrogen and oxygen atoms in total. The Morgan fingerprint density at radius 2 is 1.32 bits per heavy atom. The van der Waals surface area contributed by atoms with Gasteiger partial charge in [0.1, 0.15) is 0 Å². The number of esters is 1. The maximum Gasteiger partial charge on any atom is 0.305 e. The molecule has 186 valence electrons. The summed E-state index contributed by atoms with van der Waals surface area (Å²) in [6.45, 7) is 7.54. The number of rotatable bonds is 23. The molecule has 0 aromatic rings. The van der Waals surface area contributed by atoms with E-state index in [9.17, 15) is 9.90 Å². The smallest absolute Gasteiger partial charge is 0.305 e. The van der Waals surface area contributed by atoms with Gasteiger partial charge >= 0.3 is 5.97 Å². The van der Waals surface area contributed by atoms with Crippen molar-refractivity contribution in [2.24, 2.45) is 5.92 Å². The molecule has 0 rings (SSSR count). The van der Waals surface area contributed by atoms with E-state index in [1.165, 1.54) is 58.5 Å². The van der Waals surface area contributed by atoms with E-state index in [0.29, 0.717) is 12.3 Å². The van der Waals surface area contributed by atoms with Crippen LogP contribution in [-0.2, 0) is 14.3 Å². The van der Waals surface area contributed by atoms with Crippen LogP contribution < -0.4 is 0 Å². The first-order valence-corrected chi connectivity index (χ1v) is 13.4. The van der Waals surface area contributed by atoms with Crippen LogP contribution in [0.1, 0.15) is 136 Å². The highest BCUT2D eigenvalue weighted by molar-refractivity contribution is 5.68. The molecule has 0 saturated heterocycles. The van der Waals surface area contributed by atoms with E-state index in [2.05, 4.69) is 25.5 Å². The van der Waals surface area contributed by atoms with Gasteiger partial charge in [-0.05, 0) is 31.6 Å². The number of carbonyl (C=O) groups is 1. The zero-order valence-electron chi connectivity index (χ0n) is 21.3. The normalized spacial score (nSPS) is 14.4. The Morgan fingerprint density at radius 3 is 1.94 bits per heavy atom. The molecule has 0 radical (unpaired) electrons. The zero-order chi connectivity index (χ0) is 23.2. The molecule has 1 N–H and O–H groups in total. The summed E-state index contributed by atoms with van der Waals surface area (Å²) in [5, 5.41) is 10.8. The second-order valence-corrected chi connectivity index (χ2v) is 9.29. The molecule has 0 bridgehead atoms. The molecule has 3 unspecified atom stereocenters. The molecule has 0 heterocycles. The van der Waals surface area contributed by atoms with Crippen LogP contribution in [0.4, 0.5) is 0 Å². The van der Waals surface area contributed by atoms with Crippen LogP contribution in [0.25, 0.3) is 0 Å². The Kier molecular flexibility index (Phi) is 22.1. The number of carbonyl (C=O) groups excluding carboxylic acids is 1. The first kappa shape index (κ1) is 30.4. The Labute approximate surface area is 193 Å². The average molecular weight is 443 g/mol. The quantitative estimate of drug-likeness (QED) is 0.131. The lowest BCUT2D eigenvalue weighted by Crippen LogP contribution is -2.31. The van der Waals surface area contributed by atoms with E-state index in [0.717, 1.165) is 64.4 Å². The summed E-state index contributed by atoms with van der Waals surface area (Å²) in [6.07, 6.45) is 19.7. The van der Waals surface area contributed by atoms with Gasteiger partial charge in [0.2, 0.25) is 0 Å². The van der Waals surface area contributed by atoms with Crippen molar-refractivity contribution in [3.05, 3.63) is 0 Å². The summed E-state index contributed by atoms with van der Waals surface area (Å²) in [5.74, 6) is 0.503. The van der Waals surface area contributed by atoms with Gasteiger partial charge in [-0.3, -0.25) is 4.79 Å². The number of methoxy groups -OCH3 is 1. The Hall–Kier alpha value is -0.610. The molecule has 0 amide bonds. The number of hydrogen-bond donors (Lipinski definition) is 1. The van der Waals surface area contributed by atoms with Gasteiger partial charge in [-0.1, -0.05) is 104 Å². The summed E-state index contributed by atoms with van der Waals surface area (Å²) in [5.41, 5.74) is 0. The van der Waals surface area contributed by atoms with Crippen molar-refractivity contribution in [3.8, 4) is 0 Å². The molecule has 0 spiro atoms. The minimum atomic E-state index is -0.352. The van der Waals surface area contributed by atoms with Crippen LogP contribution in [0.5, 0.6) is 0 Å². The average Bonchev–Trinajstić information content (AvgIpc) is 2.78. The highest BCUT2D eigenvalue weighted by Crippen LogP contribution is 2.20. The van der Waals surface area contributed by atoms with Crippen LogP contribution in [0.15, 0.2) is 0 Å². The van der Waals surface area contributed by atoms with Crippen molar-refractivity contribution < 1.29 is 19.4 Å². The number of unbranched alkanes of at least 4 members (excludes halogenated alkanes) is 10. The predicted molar refractivity (Wildman–Crippen MR) is 131 cm³/mol. The highest BCUT2D eigenvalue weighted by Gasteiger charge is 2.21. The summed E-state index contributed by atoms with van der Waals surface area (Å²) >= 11 is 0. The van der Waals surface area contributed by atoms with Crippen molar-refractivity contribution in [3.63, 3.8) is 0 Å². The standard InChI is InChI=1S/C27H54O4/c1-5-8-10-11-14-17-21-26(31-23-24(7-3)19-9-6-2)25(28)20-16-13-12-15-18-22-27(29)30-4/h24-26,28H,5-23H2,1-4H3. The lowest BCUT2D eigenvalue weighted by atomic mass is 9.98. The number of aliphatic hydroxyl groups excluding tert-OH is 1. The van der Waals surface area contributed by atoms with Gasteiger partial charge in [0.25, 0.3) is 0 Å². The summed E-state index contributed by atoms with van der Waals surface area (Å²) in [6, 6.07) is 0. The molecular weight excluding hydrogens is 388 g/mol. The van der Waals surface area contributed by atoms with E-state index < -0.39 is 0 Å². The molecular formula is C27H54O4. The zero-order valence-corrected chi connectivity index (χ0v) is 21.3. The fourth-order valence-corrected chi connectivity index (χ4v) is 4.11. The largest absolute Gasteiger partial charge is 0.469 e. The van der Waals surface area contributed by atoms with Crippen molar-refractivity contribution >= 4 is 5.97 Å². The maximum atomic E-state index is 11.1. The van der Waals surface area contributed by atoms with Gasteiger partial charge < -0.3 is 14.6 Å². The molecule has 31 heavy (non-hydrogen) atoms. The van der Waals surface area contributed by atoms with Crippen LogP contribution in [0.2, 0.25) is 0 Å². The molecule has 0 aromatic carbocycles. The molecule has 0 aliphatic carbocycles. The van der Waals surface area contributed by atoms with Crippen molar-refractivity contribution in [1.82, 2.24) is 0 Å². The van der Waals surface area contributed by atoms with Crippen LogP contribution in [0, 0.1) is 5.92 Å². The molecule has 0 aliphatic heterocycles. The van der Waals surface area contributed by atoms with Gasteiger partial charge in [-0.15, -0.1) is 0 Å². The van der Waals surface area contributed by atoms with Crippen LogP contribution in [0.3, 0.4) is 0 Å². The van der Waals surface area contributed by atoms with Gasteiger partial charge in [-0.2, -0.15) is 0 Å². The molecule has 3 atom stereocenters. The SMILES string of the molecule is CCCCCCCCC(OCC(CC)CCCC)C(O)CCCCCCCC(=O)OC. The minimum Gasteiger partial charge on any atom is -0.469 e. The second-order valence-electron chi connectivity index (χ2n) is 9.29. The number of hydrogen-bond acceptors (Lipinski definition) is 4. The maximum absolute atomic E-state index is 11.1. The van der Waals surface area contributed by atoms with Crippen molar-refractivity contribution in [2.45, 2.75) is 149 Å². The monoisotopic (exact) mass is 442 g/mol. The first-order chi connectivity index (χ1) is 15.1. The molecule has 0 fully saturated rings. The fraction of sp³-hybridized carbons (Fsp3) is 0.963. The Balaban J connectivity index is 4.26. The van der Waals surface area contributed by atoms with E-state index in [1.807, 2.05) is 0 Å². The lowest BCUT2D eigenvalue weighted by molar-refractivity contribution is -0.140. The van der Waals surface area contributed by atoms with E-state index >= 15 is 0 Å². The fourth-order valence-electron chi connectivity index (χ4n) is 4.11. The molecule has 0 saturated carbocycles. The molecule has 0 aliphatic rings. The third-order valence-electron chi connectivity index (χ3n) is 6.47. The van der Waals surface area contributed by atoms with Gasteiger partial charge in [0.05, 0.1) is 19.3 Å². The van der Waals surface area contributed by atoms with Crippen molar-refractivity contribution in [2.75, 3.05) is 13.7 Å². The lowest BCUT2D eigenvalue weighted by Gasteiger charge is -2.26. The summed E-state index contributed by atoms with van der Waals surface area (Å²) < 4.78 is 11.0. The third-order valence-corrected chi connectivity index (χ3v) is 6.47. The summed E-state index contributed by atoms with van der Waals surface area (Å²) in [7, 11) is 1.44. The highest BCUT2D eigenvalue weighted by atomic mass is 16.5. The van der Waals surface area contributed by atoms with Crippen molar-refractivity contribution in [1.29, 1.82) is 0 Å². The topological polar surface area (TPSA) is 55.8 Å². The predicted octanol–water partition coefficient (Wildman–Crippen LogP) is 7.60. The Bertz CT molecular complexity index is 385. The third kappa shape index (κ3) is 18.6. The van der Waals surface area contributed by atoms with E-state index in [1.54, 1.807) is 0 Å². The number of ether oxygens (including phenoxy) is 2. The second kappa shape index (κ2) is 22.6. The first-order valence-electron chi connectivity index (χ1n) is 13.4. The Morgan fingerprint density at radius 1 is 0.742 bits per heavy atom. The van der Waals surface area contributed by atoms with E-state index in [-0.39, 0.29) is 18.2 Å². The van der Waals surface area contributed by atoms with Gasteiger partial charge in [0, 0.05) is 13.0 Å². The minimum absolute atomic E-state index is 0.0128. The van der Waals surface area contributed by atoms with Gasteiger partial charge in [-0.25, -0.2) is 0 Å². The van der Waals surface area contributed by atoms with Crippen LogP contribution >= 0.6 is 0 Å². The van der Waals surface area contributed by atoms with E-state index in [4.69, 9.17) is 4.74 Å². The van der Waals surface area contributed by atoms with Crippen LogP contribution in [-0.4, -0.2) is 37.0 Å². The summed E-state index contributed by atoms with van der Waals surface area (Å²) in [4.78, 5) is 11.1. The number of aliphatic hydroxyl groups is 1. The molecule has 4 heteroatoms. The van der Waals surface area contributed by atoms with Gasteiger partial charge in [0.15, 0.2) is 0 Å². The molecule has 0 aromatic heterocycles.